The van der Waals surface area contributed by atoms with Crippen molar-refractivity contribution in [1.82, 2.24) is 0 Å². The maximum atomic E-state index is 11.2. The van der Waals surface area contributed by atoms with Crippen molar-refractivity contribution in [3.05, 3.63) is 42.0 Å². The number of Topliss-reactive ketones (excluding diaryl/α,β-unsaturated/α-hetero) is 1. The smallest absolute Gasteiger partial charge is 0.311 e. The lowest BCUT2D eigenvalue weighted by Crippen LogP contribution is -2.15. The molecule has 5 heteroatoms. The topological polar surface area (TPSA) is 91.7 Å². The first-order valence-electron chi connectivity index (χ1n) is 4.75. The Bertz CT molecular complexity index is 473. The van der Waals surface area contributed by atoms with Crippen LogP contribution < -0.4 is 0 Å². The van der Waals surface area contributed by atoms with Gasteiger partial charge in [-0.05, 0) is 0 Å². The summed E-state index contributed by atoms with van der Waals surface area (Å²) in [4.78, 5) is 32.5. The minimum atomic E-state index is -1.38. The fraction of sp³-hybridized carbons (Fsp3) is 0.0833. The van der Waals surface area contributed by atoms with Gasteiger partial charge in [0.2, 0.25) is 11.6 Å². The number of aliphatic carboxylic acids is 1. The Morgan fingerprint density at radius 3 is 2.18 bits per heavy atom. The van der Waals surface area contributed by atoms with E-state index in [4.69, 9.17) is 5.11 Å². The van der Waals surface area contributed by atoms with E-state index in [1.807, 2.05) is 0 Å². The Morgan fingerprint density at radius 1 is 1.06 bits per heavy atom. The number of carbonyl (C=O) groups is 3. The molecule has 1 rings (SSSR count). The predicted octanol–water partition coefficient (Wildman–Crippen LogP) is 1.20. The summed E-state index contributed by atoms with van der Waals surface area (Å²) < 4.78 is 0. The Labute approximate surface area is 97.0 Å². The van der Waals surface area contributed by atoms with E-state index in [-0.39, 0.29) is 5.76 Å². The van der Waals surface area contributed by atoms with Crippen LogP contribution in [0.2, 0.25) is 0 Å². The van der Waals surface area contributed by atoms with Crippen LogP contribution in [0.1, 0.15) is 12.0 Å². The van der Waals surface area contributed by atoms with Crippen LogP contribution in [0.25, 0.3) is 5.76 Å². The lowest BCUT2D eigenvalue weighted by Gasteiger charge is -1.98. The van der Waals surface area contributed by atoms with Gasteiger partial charge in [-0.15, -0.1) is 0 Å². The van der Waals surface area contributed by atoms with Crippen molar-refractivity contribution in [2.24, 2.45) is 0 Å². The van der Waals surface area contributed by atoms with E-state index in [9.17, 15) is 19.5 Å². The third kappa shape index (κ3) is 3.90. The number of hydrogen-bond acceptors (Lipinski definition) is 4. The van der Waals surface area contributed by atoms with Gasteiger partial charge in [-0.1, -0.05) is 30.3 Å². The third-order valence-corrected chi connectivity index (χ3v) is 1.92. The highest BCUT2D eigenvalue weighted by Gasteiger charge is 2.16. The number of allylic oxidation sites excluding steroid dienone is 1. The van der Waals surface area contributed by atoms with Crippen molar-refractivity contribution in [2.45, 2.75) is 6.42 Å². The molecule has 0 bridgehead atoms. The monoisotopic (exact) mass is 234 g/mol. The summed E-state index contributed by atoms with van der Waals surface area (Å²) in [7, 11) is 0. The van der Waals surface area contributed by atoms with Crippen LogP contribution in [-0.4, -0.2) is 27.7 Å². The number of hydrogen-bond donors (Lipinski definition) is 2. The van der Waals surface area contributed by atoms with Crippen molar-refractivity contribution in [2.75, 3.05) is 0 Å². The molecular weight excluding hydrogens is 224 g/mol. The van der Waals surface area contributed by atoms with E-state index in [2.05, 4.69) is 0 Å². The van der Waals surface area contributed by atoms with E-state index >= 15 is 0 Å². The van der Waals surface area contributed by atoms with Crippen molar-refractivity contribution >= 4 is 23.3 Å². The molecule has 17 heavy (non-hydrogen) atoms. The summed E-state index contributed by atoms with van der Waals surface area (Å²) in [5, 5.41) is 17.8. The molecule has 0 unspecified atom stereocenters. The Morgan fingerprint density at radius 2 is 1.65 bits per heavy atom. The van der Waals surface area contributed by atoms with Gasteiger partial charge in [0.05, 0.1) is 0 Å². The highest BCUT2D eigenvalue weighted by Crippen LogP contribution is 2.10. The molecule has 0 aliphatic carbocycles. The molecule has 5 nitrogen and oxygen atoms in total. The highest BCUT2D eigenvalue weighted by molar-refractivity contribution is 6.44. The Hall–Kier alpha value is -2.43. The molecule has 0 aromatic heterocycles. The lowest BCUT2D eigenvalue weighted by molar-refractivity contribution is -0.143. The third-order valence-electron chi connectivity index (χ3n) is 1.92. The van der Waals surface area contributed by atoms with Crippen LogP contribution in [0.5, 0.6) is 0 Å². The number of benzene rings is 1. The zero-order valence-corrected chi connectivity index (χ0v) is 8.79. The molecule has 0 aliphatic heterocycles. The molecule has 0 atom stereocenters. The molecule has 2 N–H and O–H groups in total. The molecule has 1 aromatic carbocycles. The first-order valence-corrected chi connectivity index (χ1v) is 4.75. The quantitative estimate of drug-likeness (QED) is 0.345. The van der Waals surface area contributed by atoms with Crippen LogP contribution in [0.4, 0.5) is 0 Å². The van der Waals surface area contributed by atoms with Crippen LogP contribution in [0.3, 0.4) is 0 Å². The van der Waals surface area contributed by atoms with Crippen LogP contribution in [-0.2, 0) is 14.4 Å². The number of rotatable bonds is 5. The molecule has 0 amide bonds. The highest BCUT2D eigenvalue weighted by atomic mass is 16.4. The number of aliphatic hydroxyl groups excluding tert-OH is 1. The van der Waals surface area contributed by atoms with Crippen molar-refractivity contribution in [3.63, 3.8) is 0 Å². The molecule has 0 heterocycles. The number of aliphatic hydroxyl groups is 1. The van der Waals surface area contributed by atoms with Crippen molar-refractivity contribution in [1.29, 1.82) is 0 Å². The maximum Gasteiger partial charge on any atom is 0.311 e. The average Bonchev–Trinajstić information content (AvgIpc) is 2.29. The number of carboxylic acid groups (broad SMARTS) is 1. The van der Waals surface area contributed by atoms with Crippen LogP contribution >= 0.6 is 0 Å². The van der Waals surface area contributed by atoms with Crippen LogP contribution in [0, 0.1) is 0 Å². The summed E-state index contributed by atoms with van der Waals surface area (Å²) in [6.07, 6.45) is -0.155. The molecule has 0 saturated heterocycles. The zero-order chi connectivity index (χ0) is 12.8. The summed E-state index contributed by atoms with van der Waals surface area (Å²) >= 11 is 0. The van der Waals surface area contributed by atoms with Gasteiger partial charge in [0.25, 0.3) is 0 Å². The normalized spacial score (nSPS) is 10.9. The van der Waals surface area contributed by atoms with E-state index in [1.54, 1.807) is 30.3 Å². The van der Waals surface area contributed by atoms with Gasteiger partial charge < -0.3 is 10.2 Å². The van der Waals surface area contributed by atoms with E-state index in [0.717, 1.165) is 6.08 Å². The fourth-order valence-corrected chi connectivity index (χ4v) is 1.12. The molecule has 0 aliphatic rings. The summed E-state index contributed by atoms with van der Waals surface area (Å²) in [6, 6.07) is 8.15. The van der Waals surface area contributed by atoms with Crippen LogP contribution in [0.15, 0.2) is 36.4 Å². The van der Waals surface area contributed by atoms with Gasteiger partial charge in [0.15, 0.2) is 0 Å². The number of carboxylic acids is 1. The minimum absolute atomic E-state index is 0.366. The second-order valence-corrected chi connectivity index (χ2v) is 3.25. The summed E-state index contributed by atoms with van der Waals surface area (Å²) in [6.45, 7) is 0. The van der Waals surface area contributed by atoms with E-state index < -0.39 is 24.0 Å². The average molecular weight is 234 g/mol. The van der Waals surface area contributed by atoms with E-state index in [0.29, 0.717) is 5.56 Å². The van der Waals surface area contributed by atoms with Gasteiger partial charge >= 0.3 is 5.97 Å². The van der Waals surface area contributed by atoms with Gasteiger partial charge in [-0.25, -0.2) is 0 Å². The minimum Gasteiger partial charge on any atom is -0.507 e. The Kier molecular flexibility index (Phi) is 4.16. The van der Waals surface area contributed by atoms with Gasteiger partial charge in [0.1, 0.15) is 12.2 Å². The predicted molar refractivity (Wildman–Crippen MR) is 59.3 cm³/mol. The molecule has 88 valence electrons. The molecule has 0 saturated carbocycles. The second kappa shape index (κ2) is 5.60. The molecule has 0 radical (unpaired) electrons. The summed E-state index contributed by atoms with van der Waals surface area (Å²) in [5.74, 6) is -3.85. The van der Waals surface area contributed by atoms with Gasteiger partial charge in [0, 0.05) is 11.6 Å². The van der Waals surface area contributed by atoms with E-state index in [1.165, 1.54) is 0 Å². The van der Waals surface area contributed by atoms with Gasteiger partial charge in [-0.2, -0.15) is 0 Å². The van der Waals surface area contributed by atoms with Crippen molar-refractivity contribution in [3.8, 4) is 0 Å². The lowest BCUT2D eigenvalue weighted by atomic mass is 10.1. The molecule has 0 fully saturated rings. The molecule has 0 spiro atoms. The Balaban J connectivity index is 2.79. The standard InChI is InChI=1S/C12H10O5/c13-9(8-4-2-1-3-5-8)6-10(14)11(15)7-12(16)17/h1-6,13H,7H2,(H,16,17). The molecular formula is C12H10O5. The number of carbonyl (C=O) groups excluding carboxylic acids is 2. The maximum absolute atomic E-state index is 11.2. The van der Waals surface area contributed by atoms with Crippen molar-refractivity contribution < 1.29 is 24.6 Å². The zero-order valence-electron chi connectivity index (χ0n) is 8.79. The molecule has 1 aromatic rings. The second-order valence-electron chi connectivity index (χ2n) is 3.25. The largest absolute Gasteiger partial charge is 0.507 e. The van der Waals surface area contributed by atoms with Gasteiger partial charge in [-0.3, -0.25) is 14.4 Å². The SMILES string of the molecule is O=C(O)CC(=O)C(=O)C=C(O)c1ccccc1. The first-order chi connectivity index (χ1) is 8.00. The first kappa shape index (κ1) is 12.6. The number of ketones is 2. The summed E-state index contributed by atoms with van der Waals surface area (Å²) in [5.41, 5.74) is 0.379. The fourth-order valence-electron chi connectivity index (χ4n) is 1.12.